The Kier molecular flexibility index (Phi) is 5.14. The molecule has 0 heterocycles. The summed E-state index contributed by atoms with van der Waals surface area (Å²) in [6.45, 7) is 15.8. The highest BCUT2D eigenvalue weighted by Gasteiger charge is 2.28. The molecule has 0 aliphatic heterocycles. The van der Waals surface area contributed by atoms with Crippen LogP contribution in [0.5, 0.6) is 0 Å². The monoisotopic (exact) mass is 196 g/mol. The molecule has 0 aliphatic carbocycles. The van der Waals surface area contributed by atoms with E-state index in [0.29, 0.717) is 5.92 Å². The number of rotatable bonds is 6. The minimum atomic E-state index is -0.819. The molecule has 0 bridgehead atoms. The van der Waals surface area contributed by atoms with E-state index in [2.05, 4.69) is 27.0 Å². The van der Waals surface area contributed by atoms with Gasteiger partial charge in [0, 0.05) is 5.92 Å². The lowest BCUT2D eigenvalue weighted by Gasteiger charge is -2.31. The molecule has 0 radical (unpaired) electrons. The van der Waals surface area contributed by atoms with Gasteiger partial charge >= 0.3 is 0 Å². The van der Waals surface area contributed by atoms with Crippen LogP contribution in [0.15, 0.2) is 24.8 Å². The van der Waals surface area contributed by atoms with Gasteiger partial charge in [-0.2, -0.15) is 0 Å². The minimum Gasteiger partial charge on any atom is -0.385 e. The maximum absolute atomic E-state index is 10.1. The zero-order chi connectivity index (χ0) is 11.4. The van der Waals surface area contributed by atoms with Crippen molar-refractivity contribution in [2.24, 2.45) is 11.8 Å². The highest BCUT2D eigenvalue weighted by molar-refractivity contribution is 5.10. The van der Waals surface area contributed by atoms with Crippen LogP contribution in [0.3, 0.4) is 0 Å². The molecule has 0 fully saturated rings. The molecular weight excluding hydrogens is 172 g/mol. The first-order chi connectivity index (χ1) is 6.31. The fraction of sp³-hybridized carbons (Fsp3) is 0.692. The molecule has 2 atom stereocenters. The van der Waals surface area contributed by atoms with Crippen LogP contribution in [0.25, 0.3) is 0 Å². The predicted octanol–water partition coefficient (Wildman–Crippen LogP) is 3.55. The van der Waals surface area contributed by atoms with E-state index < -0.39 is 5.60 Å². The second-order valence-corrected chi connectivity index (χ2v) is 4.80. The molecule has 2 unspecified atom stereocenters. The van der Waals surface area contributed by atoms with Crippen molar-refractivity contribution in [3.63, 3.8) is 0 Å². The van der Waals surface area contributed by atoms with Gasteiger partial charge < -0.3 is 5.11 Å². The fourth-order valence-corrected chi connectivity index (χ4v) is 1.68. The molecule has 0 amide bonds. The lowest BCUT2D eigenvalue weighted by molar-refractivity contribution is 0.0565. The van der Waals surface area contributed by atoms with Crippen LogP contribution in [0.4, 0.5) is 0 Å². The second kappa shape index (κ2) is 5.35. The van der Waals surface area contributed by atoms with E-state index in [-0.39, 0.29) is 5.92 Å². The van der Waals surface area contributed by atoms with Crippen LogP contribution in [0, 0.1) is 11.8 Å². The highest BCUT2D eigenvalue weighted by atomic mass is 16.3. The van der Waals surface area contributed by atoms with E-state index in [4.69, 9.17) is 0 Å². The summed E-state index contributed by atoms with van der Waals surface area (Å²) >= 11 is 0. The average molecular weight is 196 g/mol. The van der Waals surface area contributed by atoms with Gasteiger partial charge in [0.25, 0.3) is 0 Å². The number of hydrogen-bond donors (Lipinski definition) is 1. The Balaban J connectivity index is 4.45. The summed E-state index contributed by atoms with van der Waals surface area (Å²) in [4.78, 5) is 0. The third-order valence-electron chi connectivity index (χ3n) is 2.75. The Morgan fingerprint density at radius 1 is 1.43 bits per heavy atom. The van der Waals surface area contributed by atoms with Gasteiger partial charge in [-0.15, -0.1) is 6.58 Å². The predicted molar refractivity (Wildman–Crippen MR) is 63.2 cm³/mol. The molecule has 0 saturated carbocycles. The van der Waals surface area contributed by atoms with Crippen LogP contribution in [-0.4, -0.2) is 10.7 Å². The molecule has 0 spiro atoms. The maximum Gasteiger partial charge on any atom is 0.0861 e. The lowest BCUT2D eigenvalue weighted by Crippen LogP contribution is -2.32. The van der Waals surface area contributed by atoms with Crippen molar-refractivity contribution in [3.05, 3.63) is 24.8 Å². The summed E-state index contributed by atoms with van der Waals surface area (Å²) in [6, 6.07) is 0. The summed E-state index contributed by atoms with van der Waals surface area (Å²) in [5.41, 5.74) is 0.219. The van der Waals surface area contributed by atoms with Gasteiger partial charge in [0.05, 0.1) is 5.60 Å². The molecule has 1 heteroatoms. The summed E-state index contributed by atoms with van der Waals surface area (Å²) in [5, 5.41) is 10.1. The molecule has 1 nitrogen and oxygen atoms in total. The van der Waals surface area contributed by atoms with Crippen LogP contribution in [0.1, 0.15) is 40.5 Å². The van der Waals surface area contributed by atoms with E-state index in [1.165, 1.54) is 0 Å². The van der Waals surface area contributed by atoms with Gasteiger partial charge in [0.1, 0.15) is 0 Å². The highest BCUT2D eigenvalue weighted by Crippen LogP contribution is 2.30. The quantitative estimate of drug-likeness (QED) is 0.644. The zero-order valence-corrected chi connectivity index (χ0v) is 10.0. The van der Waals surface area contributed by atoms with Crippen LogP contribution in [0.2, 0.25) is 0 Å². The van der Waals surface area contributed by atoms with Gasteiger partial charge in [0.15, 0.2) is 0 Å². The summed E-state index contributed by atoms with van der Waals surface area (Å²) in [5.74, 6) is 0.792. The zero-order valence-electron chi connectivity index (χ0n) is 10.0. The van der Waals surface area contributed by atoms with Gasteiger partial charge in [-0.3, -0.25) is 0 Å². The average Bonchev–Trinajstić information content (AvgIpc) is 2.03. The molecule has 0 saturated heterocycles. The SMILES string of the molecule is C=CC(C)(O)C(CCC(C)C)C(=C)C. The van der Waals surface area contributed by atoms with Gasteiger partial charge in [-0.05, 0) is 26.2 Å². The first-order valence-electron chi connectivity index (χ1n) is 5.32. The van der Waals surface area contributed by atoms with E-state index in [1.807, 2.05) is 6.92 Å². The van der Waals surface area contributed by atoms with Crippen molar-refractivity contribution in [2.75, 3.05) is 0 Å². The van der Waals surface area contributed by atoms with Crippen LogP contribution in [-0.2, 0) is 0 Å². The van der Waals surface area contributed by atoms with Gasteiger partial charge in [0.2, 0.25) is 0 Å². The summed E-state index contributed by atoms with van der Waals surface area (Å²) in [7, 11) is 0. The van der Waals surface area contributed by atoms with Crippen molar-refractivity contribution in [1.29, 1.82) is 0 Å². The Hall–Kier alpha value is -0.560. The standard InChI is InChI=1S/C13H24O/c1-7-13(6,14)12(11(4)5)9-8-10(2)3/h7,10,12,14H,1,4,8-9H2,2-3,5-6H3. The van der Waals surface area contributed by atoms with E-state index in [1.54, 1.807) is 13.0 Å². The van der Waals surface area contributed by atoms with E-state index in [0.717, 1.165) is 18.4 Å². The van der Waals surface area contributed by atoms with Crippen molar-refractivity contribution in [1.82, 2.24) is 0 Å². The molecule has 0 rings (SSSR count). The minimum absolute atomic E-state index is 0.127. The molecule has 0 aromatic heterocycles. The first kappa shape index (κ1) is 13.4. The topological polar surface area (TPSA) is 20.2 Å². The van der Waals surface area contributed by atoms with Crippen LogP contribution >= 0.6 is 0 Å². The number of hydrogen-bond acceptors (Lipinski definition) is 1. The maximum atomic E-state index is 10.1. The van der Waals surface area contributed by atoms with Crippen LogP contribution < -0.4 is 0 Å². The largest absolute Gasteiger partial charge is 0.385 e. The smallest absolute Gasteiger partial charge is 0.0861 e. The molecule has 0 aromatic carbocycles. The molecule has 82 valence electrons. The Bertz CT molecular complexity index is 201. The second-order valence-electron chi connectivity index (χ2n) is 4.80. The Morgan fingerprint density at radius 2 is 1.93 bits per heavy atom. The van der Waals surface area contributed by atoms with Gasteiger partial charge in [-0.1, -0.05) is 38.5 Å². The third-order valence-corrected chi connectivity index (χ3v) is 2.75. The lowest BCUT2D eigenvalue weighted by atomic mass is 9.80. The first-order valence-corrected chi connectivity index (χ1v) is 5.32. The van der Waals surface area contributed by atoms with Gasteiger partial charge in [-0.25, -0.2) is 0 Å². The Labute approximate surface area is 88.5 Å². The van der Waals surface area contributed by atoms with Crippen molar-refractivity contribution in [3.8, 4) is 0 Å². The van der Waals surface area contributed by atoms with Crippen molar-refractivity contribution >= 4 is 0 Å². The fourth-order valence-electron chi connectivity index (χ4n) is 1.68. The molecule has 0 aromatic rings. The van der Waals surface area contributed by atoms with E-state index >= 15 is 0 Å². The summed E-state index contributed by atoms with van der Waals surface area (Å²) < 4.78 is 0. The molecular formula is C13H24O. The van der Waals surface area contributed by atoms with Crippen molar-refractivity contribution < 1.29 is 5.11 Å². The molecule has 1 N–H and O–H groups in total. The van der Waals surface area contributed by atoms with E-state index in [9.17, 15) is 5.11 Å². The normalized spacial score (nSPS) is 17.6. The molecule has 0 aliphatic rings. The molecule has 14 heavy (non-hydrogen) atoms. The summed E-state index contributed by atoms with van der Waals surface area (Å²) in [6.07, 6.45) is 3.71. The van der Waals surface area contributed by atoms with Crippen molar-refractivity contribution in [2.45, 2.75) is 46.1 Å². The number of aliphatic hydroxyl groups is 1. The third kappa shape index (κ3) is 4.10. The Morgan fingerprint density at radius 3 is 2.21 bits per heavy atom.